The molecule has 7 heteroatoms. The van der Waals surface area contributed by atoms with Gasteiger partial charge in [-0.15, -0.1) is 0 Å². The molecule has 3 aromatic rings. The van der Waals surface area contributed by atoms with Gasteiger partial charge in [0.1, 0.15) is 13.1 Å². The van der Waals surface area contributed by atoms with Crippen LogP contribution >= 0.6 is 0 Å². The molecule has 1 aliphatic heterocycles. The Bertz CT molecular complexity index is 1130. The molecule has 3 aromatic carbocycles. The molecule has 1 aliphatic rings. The number of anilines is 3. The van der Waals surface area contributed by atoms with Crippen molar-refractivity contribution in [3.8, 4) is 0 Å². The Morgan fingerprint density at radius 3 is 2.25 bits per heavy atom. The number of carbonyl (C=O) groups excluding carboxylic acids is 3. The fourth-order valence-corrected chi connectivity index (χ4v) is 3.53. The third-order valence-electron chi connectivity index (χ3n) is 5.24. The van der Waals surface area contributed by atoms with Gasteiger partial charge >= 0.3 is 6.03 Å². The van der Waals surface area contributed by atoms with E-state index in [1.807, 2.05) is 49.4 Å². The van der Waals surface area contributed by atoms with Crippen LogP contribution in [0.15, 0.2) is 78.9 Å². The van der Waals surface area contributed by atoms with Crippen LogP contribution in [0.4, 0.5) is 21.9 Å². The minimum absolute atomic E-state index is 0.115. The highest BCUT2D eigenvalue weighted by atomic mass is 16.2. The Balaban J connectivity index is 1.46. The molecule has 4 rings (SSSR count). The van der Waals surface area contributed by atoms with Gasteiger partial charge in [0.15, 0.2) is 0 Å². The van der Waals surface area contributed by atoms with Crippen molar-refractivity contribution >= 4 is 34.9 Å². The SMILES string of the molecule is Cc1ccc(CNC(=O)CN2C(=O)CN(C(=O)Nc3ccccc3)c3ccccc32)cc1. The molecular weight excluding hydrogens is 404 g/mol. The van der Waals surface area contributed by atoms with Crippen LogP contribution in [0.1, 0.15) is 11.1 Å². The lowest BCUT2D eigenvalue weighted by Gasteiger charge is -2.35. The maximum Gasteiger partial charge on any atom is 0.326 e. The van der Waals surface area contributed by atoms with E-state index in [4.69, 9.17) is 0 Å². The summed E-state index contributed by atoms with van der Waals surface area (Å²) in [6.07, 6.45) is 0. The van der Waals surface area contributed by atoms with E-state index in [-0.39, 0.29) is 24.9 Å². The van der Waals surface area contributed by atoms with E-state index in [9.17, 15) is 14.4 Å². The van der Waals surface area contributed by atoms with Crippen LogP contribution in [-0.4, -0.2) is 30.9 Å². The predicted octanol–water partition coefficient (Wildman–Crippen LogP) is 3.70. The fourth-order valence-electron chi connectivity index (χ4n) is 3.53. The molecule has 0 fully saturated rings. The summed E-state index contributed by atoms with van der Waals surface area (Å²) < 4.78 is 0. The van der Waals surface area contributed by atoms with Gasteiger partial charge in [-0.3, -0.25) is 19.4 Å². The van der Waals surface area contributed by atoms with Crippen LogP contribution in [-0.2, 0) is 16.1 Å². The zero-order valence-electron chi connectivity index (χ0n) is 17.7. The third kappa shape index (κ3) is 4.78. The summed E-state index contributed by atoms with van der Waals surface area (Å²) >= 11 is 0. The highest BCUT2D eigenvalue weighted by Crippen LogP contribution is 2.33. The maximum absolute atomic E-state index is 12.9. The van der Waals surface area contributed by atoms with Gasteiger partial charge in [0, 0.05) is 12.2 Å². The van der Waals surface area contributed by atoms with Gasteiger partial charge in [0.25, 0.3) is 0 Å². The highest BCUT2D eigenvalue weighted by Gasteiger charge is 2.33. The Hall–Kier alpha value is -4.13. The van der Waals surface area contributed by atoms with Gasteiger partial charge in [-0.2, -0.15) is 0 Å². The van der Waals surface area contributed by atoms with Crippen molar-refractivity contribution in [2.45, 2.75) is 13.5 Å². The van der Waals surface area contributed by atoms with E-state index in [0.29, 0.717) is 23.6 Å². The van der Waals surface area contributed by atoms with Gasteiger partial charge in [0.2, 0.25) is 11.8 Å². The Morgan fingerprint density at radius 2 is 1.53 bits per heavy atom. The van der Waals surface area contributed by atoms with E-state index in [1.165, 1.54) is 9.80 Å². The smallest absolute Gasteiger partial charge is 0.326 e. The van der Waals surface area contributed by atoms with Crippen molar-refractivity contribution in [3.05, 3.63) is 90.0 Å². The minimum atomic E-state index is -0.402. The zero-order valence-corrected chi connectivity index (χ0v) is 17.7. The number of benzene rings is 3. The molecule has 2 N–H and O–H groups in total. The predicted molar refractivity (Wildman–Crippen MR) is 125 cm³/mol. The van der Waals surface area contributed by atoms with E-state index in [2.05, 4.69) is 10.6 Å². The van der Waals surface area contributed by atoms with Crippen LogP contribution in [0.5, 0.6) is 0 Å². The number of fused-ring (bicyclic) bond motifs is 1. The van der Waals surface area contributed by atoms with Gasteiger partial charge in [0.05, 0.1) is 11.4 Å². The average molecular weight is 428 g/mol. The molecule has 0 aromatic heterocycles. The third-order valence-corrected chi connectivity index (χ3v) is 5.24. The summed E-state index contributed by atoms with van der Waals surface area (Å²) in [6, 6.07) is 23.6. The Labute approximate surface area is 186 Å². The summed E-state index contributed by atoms with van der Waals surface area (Å²) in [5.41, 5.74) is 3.87. The van der Waals surface area contributed by atoms with Crippen molar-refractivity contribution in [3.63, 3.8) is 0 Å². The summed E-state index contributed by atoms with van der Waals surface area (Å²) in [5.74, 6) is -0.590. The number of urea groups is 1. The van der Waals surface area contributed by atoms with Crippen molar-refractivity contribution in [2.75, 3.05) is 28.2 Å². The molecule has 32 heavy (non-hydrogen) atoms. The number of hydrogen-bond donors (Lipinski definition) is 2. The second-order valence-electron chi connectivity index (χ2n) is 7.61. The number of carbonyl (C=O) groups is 3. The number of hydrogen-bond acceptors (Lipinski definition) is 3. The number of amides is 4. The van der Waals surface area contributed by atoms with Crippen molar-refractivity contribution in [1.82, 2.24) is 5.32 Å². The van der Waals surface area contributed by atoms with E-state index >= 15 is 0 Å². The number of rotatable bonds is 5. The van der Waals surface area contributed by atoms with E-state index in [0.717, 1.165) is 11.1 Å². The minimum Gasteiger partial charge on any atom is -0.350 e. The molecule has 0 saturated heterocycles. The molecule has 162 valence electrons. The fraction of sp³-hybridized carbons (Fsp3) is 0.160. The normalized spacial score (nSPS) is 12.8. The van der Waals surface area contributed by atoms with Gasteiger partial charge < -0.3 is 10.6 Å². The van der Waals surface area contributed by atoms with Gasteiger partial charge in [-0.25, -0.2) is 4.79 Å². The van der Waals surface area contributed by atoms with Crippen LogP contribution < -0.4 is 20.4 Å². The molecule has 0 aliphatic carbocycles. The first-order valence-electron chi connectivity index (χ1n) is 10.4. The van der Waals surface area contributed by atoms with Gasteiger partial charge in [-0.1, -0.05) is 60.2 Å². The molecule has 4 amide bonds. The lowest BCUT2D eigenvalue weighted by atomic mass is 10.1. The monoisotopic (exact) mass is 428 g/mol. The first-order chi connectivity index (χ1) is 15.5. The van der Waals surface area contributed by atoms with Crippen LogP contribution in [0.3, 0.4) is 0 Å². The second kappa shape index (κ2) is 9.34. The lowest BCUT2D eigenvalue weighted by Crippen LogP contribution is -2.51. The Kier molecular flexibility index (Phi) is 6.17. The molecule has 0 bridgehead atoms. The summed E-state index contributed by atoms with van der Waals surface area (Å²) in [4.78, 5) is 41.1. The largest absolute Gasteiger partial charge is 0.350 e. The summed E-state index contributed by atoms with van der Waals surface area (Å²) in [5, 5.41) is 5.67. The molecule has 0 saturated carbocycles. The van der Waals surface area contributed by atoms with Crippen molar-refractivity contribution in [1.29, 1.82) is 0 Å². The lowest BCUT2D eigenvalue weighted by molar-refractivity contribution is -0.123. The average Bonchev–Trinajstić information content (AvgIpc) is 2.81. The van der Waals surface area contributed by atoms with Crippen molar-refractivity contribution in [2.24, 2.45) is 0 Å². The zero-order chi connectivity index (χ0) is 22.5. The molecule has 1 heterocycles. The molecule has 0 radical (unpaired) electrons. The summed E-state index contributed by atoms with van der Waals surface area (Å²) in [7, 11) is 0. The topological polar surface area (TPSA) is 81.8 Å². The molecule has 0 atom stereocenters. The number of nitrogens with zero attached hydrogens (tertiary/aromatic N) is 2. The van der Waals surface area contributed by atoms with E-state index in [1.54, 1.807) is 36.4 Å². The molecule has 0 unspecified atom stereocenters. The first kappa shape index (κ1) is 21.1. The Morgan fingerprint density at radius 1 is 0.875 bits per heavy atom. The number of aryl methyl sites for hydroxylation is 1. The summed E-state index contributed by atoms with van der Waals surface area (Å²) in [6.45, 7) is 2.12. The van der Waals surface area contributed by atoms with Crippen molar-refractivity contribution < 1.29 is 14.4 Å². The van der Waals surface area contributed by atoms with Crippen LogP contribution in [0.2, 0.25) is 0 Å². The number of para-hydroxylation sites is 3. The van der Waals surface area contributed by atoms with E-state index < -0.39 is 6.03 Å². The molecule has 0 spiro atoms. The standard InChI is InChI=1S/C25H24N4O3/c1-18-11-13-19(14-12-18)15-26-23(30)16-28-21-9-5-6-10-22(21)29(17-24(28)31)25(32)27-20-7-3-2-4-8-20/h2-14H,15-17H2,1H3,(H,26,30)(H,27,32). The second-order valence-corrected chi connectivity index (χ2v) is 7.61. The molecular formula is C25H24N4O3. The molecule has 7 nitrogen and oxygen atoms in total. The first-order valence-corrected chi connectivity index (χ1v) is 10.4. The number of nitrogens with one attached hydrogen (secondary N) is 2. The van der Waals surface area contributed by atoms with Gasteiger partial charge in [-0.05, 0) is 36.8 Å². The van der Waals surface area contributed by atoms with Crippen LogP contribution in [0, 0.1) is 6.92 Å². The van der Waals surface area contributed by atoms with Crippen LogP contribution in [0.25, 0.3) is 0 Å². The maximum atomic E-state index is 12.9. The highest BCUT2D eigenvalue weighted by molar-refractivity contribution is 6.14. The quantitative estimate of drug-likeness (QED) is 0.650.